The zero-order valence-electron chi connectivity index (χ0n) is 13.6. The maximum atomic E-state index is 10.3. The molecule has 0 bridgehead atoms. The lowest BCUT2D eigenvalue weighted by molar-refractivity contribution is -0.137. The molecule has 4 heteroatoms. The number of aliphatic hydroxyl groups excluding tert-OH is 2. The lowest BCUT2D eigenvalue weighted by Crippen LogP contribution is -2.12. The van der Waals surface area contributed by atoms with Gasteiger partial charge in [-0.25, -0.2) is 0 Å². The molecule has 126 valence electrons. The summed E-state index contributed by atoms with van der Waals surface area (Å²) in [6.07, 6.45) is 11.5. The van der Waals surface area contributed by atoms with Crippen LogP contribution in [0.3, 0.4) is 0 Å². The van der Waals surface area contributed by atoms with Crippen molar-refractivity contribution in [3.63, 3.8) is 0 Å². The minimum absolute atomic E-state index is 0.262. The fourth-order valence-corrected chi connectivity index (χ4v) is 2.45. The van der Waals surface area contributed by atoms with Crippen molar-refractivity contribution in [1.29, 1.82) is 0 Å². The van der Waals surface area contributed by atoms with Crippen molar-refractivity contribution < 1.29 is 20.1 Å². The number of hydrogen-bond donors (Lipinski definition) is 3. The Morgan fingerprint density at radius 3 is 1.76 bits per heavy atom. The van der Waals surface area contributed by atoms with E-state index < -0.39 is 5.97 Å². The van der Waals surface area contributed by atoms with E-state index in [1.54, 1.807) is 0 Å². The second-order valence-corrected chi connectivity index (χ2v) is 6.05. The molecule has 0 amide bonds. The smallest absolute Gasteiger partial charge is 0.303 e. The largest absolute Gasteiger partial charge is 0.481 e. The first-order valence-corrected chi connectivity index (χ1v) is 8.64. The van der Waals surface area contributed by atoms with E-state index in [2.05, 4.69) is 0 Å². The third kappa shape index (κ3) is 15.6. The van der Waals surface area contributed by atoms with E-state index in [9.17, 15) is 15.0 Å². The van der Waals surface area contributed by atoms with Gasteiger partial charge in [-0.1, -0.05) is 51.9 Å². The molecule has 0 saturated heterocycles. The first-order chi connectivity index (χ1) is 10.1. The average molecular weight is 302 g/mol. The molecule has 0 aliphatic rings. The molecular formula is C17H34O4. The predicted molar refractivity (Wildman–Crippen MR) is 85.3 cm³/mol. The minimum Gasteiger partial charge on any atom is -0.481 e. The van der Waals surface area contributed by atoms with Crippen molar-refractivity contribution in [3.05, 3.63) is 0 Å². The zero-order chi connectivity index (χ0) is 15.9. The Balaban J connectivity index is 3.19. The summed E-state index contributed by atoms with van der Waals surface area (Å²) in [6.45, 7) is 1.96. The van der Waals surface area contributed by atoms with Gasteiger partial charge in [-0.05, 0) is 32.1 Å². The van der Waals surface area contributed by atoms with Crippen LogP contribution in [-0.2, 0) is 4.79 Å². The van der Waals surface area contributed by atoms with Gasteiger partial charge >= 0.3 is 5.97 Å². The number of carboxylic acid groups (broad SMARTS) is 1. The molecule has 0 spiro atoms. The molecule has 2 unspecified atom stereocenters. The number of hydrogen-bond acceptors (Lipinski definition) is 3. The quantitative estimate of drug-likeness (QED) is 0.401. The predicted octanol–water partition coefficient (Wildman–Crippen LogP) is 3.88. The van der Waals surface area contributed by atoms with Crippen LogP contribution < -0.4 is 0 Å². The average Bonchev–Trinajstić information content (AvgIpc) is 2.46. The second-order valence-electron chi connectivity index (χ2n) is 6.05. The first-order valence-electron chi connectivity index (χ1n) is 8.64. The highest BCUT2D eigenvalue weighted by atomic mass is 16.4. The zero-order valence-corrected chi connectivity index (χ0v) is 13.6. The van der Waals surface area contributed by atoms with E-state index in [1.807, 2.05) is 6.92 Å². The van der Waals surface area contributed by atoms with E-state index >= 15 is 0 Å². The molecule has 0 aromatic heterocycles. The van der Waals surface area contributed by atoms with Gasteiger partial charge < -0.3 is 15.3 Å². The van der Waals surface area contributed by atoms with Gasteiger partial charge in [-0.2, -0.15) is 0 Å². The van der Waals surface area contributed by atoms with Crippen molar-refractivity contribution in [3.8, 4) is 0 Å². The highest BCUT2D eigenvalue weighted by Gasteiger charge is 2.07. The number of unbranched alkanes of at least 4 members (excludes halogenated alkanes) is 7. The Hall–Kier alpha value is -0.610. The second kappa shape index (κ2) is 14.3. The van der Waals surface area contributed by atoms with Gasteiger partial charge in [0.15, 0.2) is 0 Å². The molecule has 3 N–H and O–H groups in total. The molecule has 0 saturated carbocycles. The first kappa shape index (κ1) is 20.4. The Morgan fingerprint density at radius 2 is 1.24 bits per heavy atom. The highest BCUT2D eigenvalue weighted by molar-refractivity contribution is 5.66. The monoisotopic (exact) mass is 302 g/mol. The van der Waals surface area contributed by atoms with Gasteiger partial charge in [-0.15, -0.1) is 0 Å². The molecule has 0 aliphatic heterocycles. The van der Waals surface area contributed by atoms with Crippen molar-refractivity contribution in [1.82, 2.24) is 0 Å². The summed E-state index contributed by atoms with van der Waals surface area (Å²) in [7, 11) is 0. The summed E-state index contributed by atoms with van der Waals surface area (Å²) in [4.78, 5) is 10.3. The fourth-order valence-electron chi connectivity index (χ4n) is 2.45. The third-order valence-electron chi connectivity index (χ3n) is 3.98. The summed E-state index contributed by atoms with van der Waals surface area (Å²) >= 11 is 0. The lowest BCUT2D eigenvalue weighted by Gasteiger charge is -2.12. The third-order valence-corrected chi connectivity index (χ3v) is 3.98. The molecule has 0 rings (SSSR count). The van der Waals surface area contributed by atoms with Crippen molar-refractivity contribution in [2.45, 2.75) is 103 Å². The summed E-state index contributed by atoms with van der Waals surface area (Å²) in [5, 5.41) is 27.7. The molecule has 0 aliphatic carbocycles. The highest BCUT2D eigenvalue weighted by Crippen LogP contribution is 2.14. The lowest BCUT2D eigenvalue weighted by atomic mass is 10.0. The number of aliphatic hydroxyl groups is 2. The van der Waals surface area contributed by atoms with Crippen LogP contribution in [0, 0.1) is 0 Å². The van der Waals surface area contributed by atoms with E-state index in [0.717, 1.165) is 44.9 Å². The minimum atomic E-state index is -0.694. The van der Waals surface area contributed by atoms with Crippen molar-refractivity contribution in [2.75, 3.05) is 0 Å². The van der Waals surface area contributed by atoms with Gasteiger partial charge in [0.25, 0.3) is 0 Å². The summed E-state index contributed by atoms with van der Waals surface area (Å²) in [6, 6.07) is 0. The molecule has 0 aromatic carbocycles. The maximum absolute atomic E-state index is 10.3. The van der Waals surface area contributed by atoms with Crippen LogP contribution in [0.5, 0.6) is 0 Å². The Kier molecular flexibility index (Phi) is 13.9. The van der Waals surface area contributed by atoms with Crippen LogP contribution in [0.2, 0.25) is 0 Å². The Bertz CT molecular complexity index is 243. The molecule has 0 fully saturated rings. The molecule has 0 heterocycles. The summed E-state index contributed by atoms with van der Waals surface area (Å²) in [5.74, 6) is -0.694. The van der Waals surface area contributed by atoms with E-state index in [4.69, 9.17) is 5.11 Å². The Labute approximate surface area is 129 Å². The molecule has 2 atom stereocenters. The number of carboxylic acids is 1. The van der Waals surface area contributed by atoms with Crippen molar-refractivity contribution >= 4 is 5.97 Å². The van der Waals surface area contributed by atoms with Gasteiger partial charge in [0.2, 0.25) is 0 Å². The Morgan fingerprint density at radius 1 is 0.762 bits per heavy atom. The molecule has 4 nitrogen and oxygen atoms in total. The summed E-state index contributed by atoms with van der Waals surface area (Å²) in [5.41, 5.74) is 0. The van der Waals surface area contributed by atoms with Crippen LogP contribution in [0.25, 0.3) is 0 Å². The molecular weight excluding hydrogens is 268 g/mol. The number of aliphatic carboxylic acids is 1. The fraction of sp³-hybridized carbons (Fsp3) is 0.941. The van der Waals surface area contributed by atoms with E-state index in [-0.39, 0.29) is 12.2 Å². The normalized spacial score (nSPS) is 14.0. The topological polar surface area (TPSA) is 77.8 Å². The van der Waals surface area contributed by atoms with Crippen LogP contribution in [0.4, 0.5) is 0 Å². The van der Waals surface area contributed by atoms with Crippen LogP contribution in [0.1, 0.15) is 90.4 Å². The SMILES string of the molecule is CCC(O)CCC(O)CCCCCCCCCCC(=O)O. The molecule has 21 heavy (non-hydrogen) atoms. The van der Waals surface area contributed by atoms with Gasteiger partial charge in [0, 0.05) is 6.42 Å². The van der Waals surface area contributed by atoms with Crippen molar-refractivity contribution in [2.24, 2.45) is 0 Å². The van der Waals surface area contributed by atoms with Crippen LogP contribution in [-0.4, -0.2) is 33.5 Å². The van der Waals surface area contributed by atoms with Gasteiger partial charge in [0.1, 0.15) is 0 Å². The van der Waals surface area contributed by atoms with Crippen LogP contribution in [0.15, 0.2) is 0 Å². The maximum Gasteiger partial charge on any atom is 0.303 e. The van der Waals surface area contributed by atoms with Gasteiger partial charge in [0.05, 0.1) is 12.2 Å². The molecule has 0 radical (unpaired) electrons. The number of carbonyl (C=O) groups is 1. The number of rotatable bonds is 15. The van der Waals surface area contributed by atoms with Crippen LogP contribution >= 0.6 is 0 Å². The van der Waals surface area contributed by atoms with E-state index in [1.165, 1.54) is 19.3 Å². The standard InChI is InChI=1S/C17H34O4/c1-2-15(18)13-14-16(19)11-9-7-5-3-4-6-8-10-12-17(20)21/h15-16,18-19H,2-14H2,1H3,(H,20,21). The van der Waals surface area contributed by atoms with E-state index in [0.29, 0.717) is 19.3 Å². The molecule has 0 aromatic rings. The summed E-state index contributed by atoms with van der Waals surface area (Å²) < 4.78 is 0. The van der Waals surface area contributed by atoms with Gasteiger partial charge in [-0.3, -0.25) is 4.79 Å².